The van der Waals surface area contributed by atoms with Crippen molar-refractivity contribution in [3.05, 3.63) is 76.2 Å². The lowest BCUT2D eigenvalue weighted by molar-refractivity contribution is 0.0773. The molecule has 0 aliphatic carbocycles. The Kier molecular flexibility index (Phi) is 6.44. The van der Waals surface area contributed by atoms with Gasteiger partial charge in [-0.05, 0) is 42.8 Å². The van der Waals surface area contributed by atoms with Crippen molar-refractivity contribution in [1.82, 2.24) is 9.88 Å². The van der Waals surface area contributed by atoms with Crippen LogP contribution in [0.5, 0.6) is 11.5 Å². The Morgan fingerprint density at radius 1 is 1.11 bits per heavy atom. The summed E-state index contributed by atoms with van der Waals surface area (Å²) in [6.07, 6.45) is 0. The summed E-state index contributed by atoms with van der Waals surface area (Å²) in [7, 11) is 1.77. The lowest BCUT2D eigenvalue weighted by Gasteiger charge is -2.18. The van der Waals surface area contributed by atoms with Crippen molar-refractivity contribution in [2.24, 2.45) is 0 Å². The predicted molar refractivity (Wildman–Crippen MR) is 107 cm³/mol. The maximum Gasteiger partial charge on any atom is 0.253 e. The van der Waals surface area contributed by atoms with Crippen LogP contribution in [0.2, 0.25) is 0 Å². The van der Waals surface area contributed by atoms with E-state index in [0.717, 1.165) is 17.0 Å². The number of nitrogens with zero attached hydrogens (tertiary/aromatic N) is 2. The monoisotopic (exact) mass is 382 g/mol. The first-order chi connectivity index (χ1) is 13.1. The highest BCUT2D eigenvalue weighted by molar-refractivity contribution is 7.07. The molecule has 0 aliphatic heterocycles. The molecular formula is C21H22N2O3S. The number of benzene rings is 2. The third-order valence-electron chi connectivity index (χ3n) is 3.98. The summed E-state index contributed by atoms with van der Waals surface area (Å²) < 4.78 is 11.4. The zero-order valence-electron chi connectivity index (χ0n) is 15.4. The van der Waals surface area contributed by atoms with Crippen molar-refractivity contribution in [2.45, 2.75) is 13.5 Å². The first kappa shape index (κ1) is 18.9. The second kappa shape index (κ2) is 9.19. The number of likely N-dealkylation sites (N-methyl/N-ethyl adjacent to an activating group) is 1. The number of carbonyl (C=O) groups excluding carboxylic acids is 1. The van der Waals surface area contributed by atoms with Gasteiger partial charge in [0.25, 0.3) is 5.91 Å². The average Bonchev–Trinajstić information content (AvgIpc) is 3.19. The van der Waals surface area contributed by atoms with Crippen LogP contribution in [-0.4, -0.2) is 36.0 Å². The number of thiazole rings is 1. The van der Waals surface area contributed by atoms with Gasteiger partial charge in [-0.2, -0.15) is 0 Å². The number of hydrogen-bond acceptors (Lipinski definition) is 5. The number of ether oxygens (including phenoxy) is 2. The van der Waals surface area contributed by atoms with E-state index in [2.05, 4.69) is 4.98 Å². The van der Waals surface area contributed by atoms with Crippen LogP contribution in [0.15, 0.2) is 59.4 Å². The van der Waals surface area contributed by atoms with Gasteiger partial charge in [-0.25, -0.2) is 4.98 Å². The van der Waals surface area contributed by atoms with Gasteiger partial charge in [0, 0.05) is 18.0 Å². The zero-order valence-corrected chi connectivity index (χ0v) is 16.2. The Morgan fingerprint density at radius 2 is 1.89 bits per heavy atom. The van der Waals surface area contributed by atoms with Crippen LogP contribution in [0, 0.1) is 6.92 Å². The number of carbonyl (C=O) groups is 1. The average molecular weight is 382 g/mol. The van der Waals surface area contributed by atoms with Crippen molar-refractivity contribution < 1.29 is 14.3 Å². The van der Waals surface area contributed by atoms with Crippen molar-refractivity contribution >= 4 is 17.2 Å². The van der Waals surface area contributed by atoms with E-state index >= 15 is 0 Å². The molecule has 140 valence electrons. The van der Waals surface area contributed by atoms with Crippen LogP contribution >= 0.6 is 11.3 Å². The number of aryl methyl sites for hydroxylation is 1. The topological polar surface area (TPSA) is 51.7 Å². The minimum Gasteiger partial charge on any atom is -0.492 e. The van der Waals surface area contributed by atoms with E-state index in [1.807, 2.05) is 48.7 Å². The van der Waals surface area contributed by atoms with Crippen LogP contribution in [0.1, 0.15) is 21.6 Å². The number of amides is 1. The molecule has 0 unspecified atom stereocenters. The summed E-state index contributed by atoms with van der Waals surface area (Å²) in [5.74, 6) is 1.40. The van der Waals surface area contributed by atoms with E-state index in [0.29, 0.717) is 31.1 Å². The Balaban J connectivity index is 1.52. The van der Waals surface area contributed by atoms with Crippen LogP contribution in [-0.2, 0) is 6.61 Å². The molecule has 3 rings (SSSR count). The molecule has 27 heavy (non-hydrogen) atoms. The fourth-order valence-electron chi connectivity index (χ4n) is 2.51. The number of hydrogen-bond donors (Lipinski definition) is 0. The minimum atomic E-state index is -0.0676. The van der Waals surface area contributed by atoms with Gasteiger partial charge in [0.2, 0.25) is 0 Å². The molecule has 6 heteroatoms. The van der Waals surface area contributed by atoms with Gasteiger partial charge in [0.15, 0.2) is 0 Å². The third-order valence-corrected chi connectivity index (χ3v) is 4.62. The molecule has 1 aromatic heterocycles. The Hall–Kier alpha value is -2.86. The quantitative estimate of drug-likeness (QED) is 0.586. The van der Waals surface area contributed by atoms with Gasteiger partial charge in [-0.15, -0.1) is 11.3 Å². The first-order valence-electron chi connectivity index (χ1n) is 8.66. The zero-order chi connectivity index (χ0) is 19.1. The lowest BCUT2D eigenvalue weighted by atomic mass is 10.2. The first-order valence-corrected chi connectivity index (χ1v) is 9.61. The number of rotatable bonds is 8. The van der Waals surface area contributed by atoms with Crippen molar-refractivity contribution in [3.63, 3.8) is 0 Å². The fraction of sp³-hybridized carbons (Fsp3) is 0.238. The molecule has 3 aromatic rings. The molecule has 2 aromatic carbocycles. The van der Waals surface area contributed by atoms with Gasteiger partial charge in [0.1, 0.15) is 24.7 Å². The highest BCUT2D eigenvalue weighted by Crippen LogP contribution is 2.17. The van der Waals surface area contributed by atoms with Crippen molar-refractivity contribution in [2.75, 3.05) is 20.2 Å². The summed E-state index contributed by atoms with van der Waals surface area (Å²) in [5, 5.41) is 1.94. The molecule has 0 bridgehead atoms. The van der Waals surface area contributed by atoms with Crippen molar-refractivity contribution in [1.29, 1.82) is 0 Å². The van der Waals surface area contributed by atoms with E-state index in [4.69, 9.17) is 9.47 Å². The van der Waals surface area contributed by atoms with Gasteiger partial charge < -0.3 is 14.4 Å². The normalized spacial score (nSPS) is 10.4. The van der Waals surface area contributed by atoms with E-state index in [1.165, 1.54) is 11.3 Å². The molecule has 0 saturated carbocycles. The van der Waals surface area contributed by atoms with Gasteiger partial charge in [-0.3, -0.25) is 4.79 Å². The van der Waals surface area contributed by atoms with E-state index < -0.39 is 0 Å². The Labute approximate surface area is 163 Å². The molecule has 0 radical (unpaired) electrons. The highest BCUT2D eigenvalue weighted by atomic mass is 32.1. The van der Waals surface area contributed by atoms with Gasteiger partial charge in [-0.1, -0.05) is 18.2 Å². The largest absolute Gasteiger partial charge is 0.492 e. The third kappa shape index (κ3) is 5.56. The summed E-state index contributed by atoms with van der Waals surface area (Å²) >= 11 is 1.53. The molecule has 0 N–H and O–H groups in total. The second-order valence-electron chi connectivity index (χ2n) is 6.19. The number of aromatic nitrogens is 1. The molecule has 5 nitrogen and oxygen atoms in total. The molecule has 0 saturated heterocycles. The summed E-state index contributed by atoms with van der Waals surface area (Å²) in [6.45, 7) is 3.34. The maximum atomic E-state index is 12.6. The molecule has 0 spiro atoms. The summed E-state index contributed by atoms with van der Waals surface area (Å²) in [6, 6.07) is 15.1. The van der Waals surface area contributed by atoms with E-state index in [-0.39, 0.29) is 5.91 Å². The van der Waals surface area contributed by atoms with Gasteiger partial charge in [0.05, 0.1) is 17.7 Å². The summed E-state index contributed by atoms with van der Waals surface area (Å²) in [4.78, 5) is 18.5. The van der Waals surface area contributed by atoms with Crippen LogP contribution in [0.4, 0.5) is 0 Å². The minimum absolute atomic E-state index is 0.0676. The Morgan fingerprint density at radius 3 is 2.63 bits per heavy atom. The Bertz CT molecular complexity index is 881. The summed E-state index contributed by atoms with van der Waals surface area (Å²) in [5.41, 5.74) is 4.38. The lowest BCUT2D eigenvalue weighted by Crippen LogP contribution is -2.30. The molecule has 0 fully saturated rings. The molecule has 0 atom stereocenters. The highest BCUT2D eigenvalue weighted by Gasteiger charge is 2.12. The van der Waals surface area contributed by atoms with Gasteiger partial charge >= 0.3 is 0 Å². The fourth-order valence-corrected chi connectivity index (χ4v) is 3.06. The molecule has 0 aliphatic rings. The van der Waals surface area contributed by atoms with Crippen LogP contribution in [0.25, 0.3) is 0 Å². The van der Waals surface area contributed by atoms with E-state index in [1.54, 1.807) is 29.6 Å². The van der Waals surface area contributed by atoms with Crippen molar-refractivity contribution in [3.8, 4) is 11.5 Å². The molecule has 1 heterocycles. The SMILES string of the molecule is Cc1cccc(OCCN(C)C(=O)c2cccc(OCc3cscn3)c2)c1. The molecular weight excluding hydrogens is 360 g/mol. The maximum absolute atomic E-state index is 12.6. The van der Waals surface area contributed by atoms with E-state index in [9.17, 15) is 4.79 Å². The smallest absolute Gasteiger partial charge is 0.253 e. The standard InChI is InChI=1S/C21H22N2O3S/c1-16-5-3-7-19(11-16)25-10-9-23(2)21(24)17-6-4-8-20(12-17)26-13-18-14-27-15-22-18/h3-8,11-12,14-15H,9-10,13H2,1-2H3. The molecule has 1 amide bonds. The van der Waals surface area contributed by atoms with Crippen LogP contribution < -0.4 is 9.47 Å². The van der Waals surface area contributed by atoms with Crippen LogP contribution in [0.3, 0.4) is 0 Å². The predicted octanol–water partition coefficient (Wildman–Crippen LogP) is 4.18. The second-order valence-corrected chi connectivity index (χ2v) is 6.91.